The Labute approximate surface area is 149 Å². The van der Waals surface area contributed by atoms with Crippen LogP contribution >= 0.6 is 0 Å². The van der Waals surface area contributed by atoms with Crippen LogP contribution in [-0.2, 0) is 10.9 Å². The zero-order valence-corrected chi connectivity index (χ0v) is 14.0. The number of hydrogen-bond acceptors (Lipinski definition) is 8. The number of benzene rings is 1. The summed E-state index contributed by atoms with van der Waals surface area (Å²) in [7, 11) is 1.56. The van der Waals surface area contributed by atoms with Gasteiger partial charge in [0.25, 0.3) is 0 Å². The smallest absolute Gasteiger partial charge is 0.385 e. The van der Waals surface area contributed by atoms with E-state index in [0.29, 0.717) is 19.6 Å². The lowest BCUT2D eigenvalue weighted by Crippen LogP contribution is -2.15. The molecule has 3 aromatic rings. The predicted octanol–water partition coefficient (Wildman–Crippen LogP) is 2.34. The Morgan fingerprint density at radius 3 is 2.81 bits per heavy atom. The minimum absolute atomic E-state index is 0.0238. The van der Waals surface area contributed by atoms with Gasteiger partial charge >= 0.3 is 11.9 Å². The molecule has 0 radical (unpaired) electrons. The van der Waals surface area contributed by atoms with Crippen LogP contribution in [0, 0.1) is 0 Å². The van der Waals surface area contributed by atoms with E-state index >= 15 is 0 Å². The normalized spacial score (nSPS) is 11.7. The Balaban J connectivity index is 1.98. The molecule has 144 valence electrons. The van der Waals surface area contributed by atoms with Gasteiger partial charge in [0.05, 0.1) is 11.3 Å². The maximum Gasteiger partial charge on any atom is 0.446 e. The molecule has 0 fully saturated rings. The van der Waals surface area contributed by atoms with Crippen molar-refractivity contribution in [2.75, 3.05) is 25.6 Å². The molecule has 0 bridgehead atoms. The Hall–Kier alpha value is -3.15. The fraction of sp³-hybridized carbons (Fsp3) is 0.333. The van der Waals surface area contributed by atoms with Crippen LogP contribution in [0.5, 0.6) is 0 Å². The number of hydrogen-bond donors (Lipinski definition) is 1. The van der Waals surface area contributed by atoms with Crippen molar-refractivity contribution in [3.63, 3.8) is 0 Å². The number of methoxy groups -OCH3 is 1. The molecular formula is C15H14F3N5O4. The third-order valence-corrected chi connectivity index (χ3v) is 3.55. The lowest BCUT2D eigenvalue weighted by molar-refractivity contribution is -0.137. The van der Waals surface area contributed by atoms with Gasteiger partial charge in [-0.15, -0.1) is 0 Å². The molecular weight excluding hydrogens is 371 g/mol. The third kappa shape index (κ3) is 4.00. The highest BCUT2D eigenvalue weighted by Gasteiger charge is 2.31. The van der Waals surface area contributed by atoms with Crippen LogP contribution in [0.15, 0.2) is 38.2 Å². The van der Waals surface area contributed by atoms with Crippen molar-refractivity contribution in [3.05, 3.63) is 40.4 Å². The molecule has 9 nitrogen and oxygen atoms in total. The molecule has 0 aliphatic rings. The first-order valence-electron chi connectivity index (χ1n) is 7.74. The Kier molecular flexibility index (Phi) is 5.26. The number of aromatic nitrogens is 4. The van der Waals surface area contributed by atoms with Crippen molar-refractivity contribution in [1.29, 1.82) is 0 Å². The summed E-state index contributed by atoms with van der Waals surface area (Å²) in [5.41, 5.74) is -0.981. The molecule has 0 saturated heterocycles. The van der Waals surface area contributed by atoms with Crippen molar-refractivity contribution in [1.82, 2.24) is 20.0 Å². The molecule has 0 aliphatic heterocycles. The summed E-state index contributed by atoms with van der Waals surface area (Å²) >= 11 is 0. The van der Waals surface area contributed by atoms with E-state index in [1.165, 1.54) is 12.1 Å². The van der Waals surface area contributed by atoms with E-state index in [1.807, 2.05) is 0 Å². The van der Waals surface area contributed by atoms with E-state index in [1.54, 1.807) is 7.11 Å². The molecule has 3 rings (SSSR count). The number of nitrogens with one attached hydrogen (secondary N) is 1. The predicted molar refractivity (Wildman–Crippen MR) is 85.4 cm³/mol. The van der Waals surface area contributed by atoms with Gasteiger partial charge in [-0.1, -0.05) is 11.2 Å². The Morgan fingerprint density at radius 2 is 2.07 bits per heavy atom. The first-order valence-corrected chi connectivity index (χ1v) is 7.74. The molecule has 0 aliphatic carbocycles. The van der Waals surface area contributed by atoms with Crippen molar-refractivity contribution < 1.29 is 27.1 Å². The van der Waals surface area contributed by atoms with Crippen molar-refractivity contribution >= 4 is 5.82 Å². The second-order valence-electron chi connectivity index (χ2n) is 5.39. The maximum atomic E-state index is 13.0. The Bertz CT molecular complexity index is 963. The lowest BCUT2D eigenvalue weighted by Gasteiger charge is -2.09. The minimum atomic E-state index is -4.57. The molecule has 2 aromatic heterocycles. The summed E-state index contributed by atoms with van der Waals surface area (Å²) in [6.07, 6.45) is -3.91. The van der Waals surface area contributed by atoms with Gasteiger partial charge in [-0.25, -0.2) is 14.0 Å². The van der Waals surface area contributed by atoms with Gasteiger partial charge in [0.1, 0.15) is 0 Å². The third-order valence-electron chi connectivity index (χ3n) is 3.55. The van der Waals surface area contributed by atoms with Crippen LogP contribution in [0.25, 0.3) is 17.2 Å². The fourth-order valence-corrected chi connectivity index (χ4v) is 2.32. The highest BCUT2D eigenvalue weighted by Crippen LogP contribution is 2.31. The lowest BCUT2D eigenvalue weighted by atomic mass is 10.2. The van der Waals surface area contributed by atoms with Crippen LogP contribution in [-0.4, -0.2) is 40.3 Å². The SMILES string of the molecule is COCCCNc1nonc1-c1noc(=O)n1-c1cccc(C(F)(F)F)c1. The van der Waals surface area contributed by atoms with E-state index < -0.39 is 17.5 Å². The quantitative estimate of drug-likeness (QED) is 0.618. The van der Waals surface area contributed by atoms with Crippen LogP contribution in [0.3, 0.4) is 0 Å². The average molecular weight is 385 g/mol. The summed E-state index contributed by atoms with van der Waals surface area (Å²) in [6, 6.07) is 4.19. The number of rotatable bonds is 7. The van der Waals surface area contributed by atoms with Crippen molar-refractivity contribution in [2.24, 2.45) is 0 Å². The second kappa shape index (κ2) is 7.61. The van der Waals surface area contributed by atoms with Gasteiger partial charge in [0.2, 0.25) is 11.6 Å². The number of ether oxygens (including phenoxy) is 1. The van der Waals surface area contributed by atoms with E-state index in [0.717, 1.165) is 16.7 Å². The largest absolute Gasteiger partial charge is 0.446 e. The van der Waals surface area contributed by atoms with Gasteiger partial charge in [-0.3, -0.25) is 4.52 Å². The van der Waals surface area contributed by atoms with Gasteiger partial charge in [0.15, 0.2) is 5.69 Å². The topological polar surface area (TPSA) is 108 Å². The second-order valence-corrected chi connectivity index (χ2v) is 5.39. The van der Waals surface area contributed by atoms with E-state index in [-0.39, 0.29) is 23.0 Å². The zero-order valence-electron chi connectivity index (χ0n) is 14.0. The first kappa shape index (κ1) is 18.6. The molecule has 1 N–H and O–H groups in total. The summed E-state index contributed by atoms with van der Waals surface area (Å²) in [6.45, 7) is 0.965. The summed E-state index contributed by atoms with van der Waals surface area (Å²) in [5.74, 6) is -0.951. The average Bonchev–Trinajstić information content (AvgIpc) is 3.24. The van der Waals surface area contributed by atoms with Gasteiger partial charge in [-0.2, -0.15) is 13.2 Å². The number of anilines is 1. The highest BCUT2D eigenvalue weighted by atomic mass is 19.4. The van der Waals surface area contributed by atoms with E-state index in [2.05, 4.69) is 29.9 Å². The number of alkyl halides is 3. The monoisotopic (exact) mass is 385 g/mol. The van der Waals surface area contributed by atoms with Gasteiger partial charge in [0, 0.05) is 20.3 Å². The first-order chi connectivity index (χ1) is 12.9. The Morgan fingerprint density at radius 1 is 1.26 bits per heavy atom. The highest BCUT2D eigenvalue weighted by molar-refractivity contribution is 5.66. The van der Waals surface area contributed by atoms with E-state index in [9.17, 15) is 18.0 Å². The van der Waals surface area contributed by atoms with Crippen LogP contribution in [0.4, 0.5) is 19.0 Å². The van der Waals surface area contributed by atoms with Gasteiger partial charge < -0.3 is 10.1 Å². The molecule has 1 aromatic carbocycles. The molecule has 27 heavy (non-hydrogen) atoms. The summed E-state index contributed by atoms with van der Waals surface area (Å²) in [5, 5.41) is 13.9. The molecule has 0 amide bonds. The van der Waals surface area contributed by atoms with Gasteiger partial charge in [-0.05, 0) is 34.9 Å². The molecule has 0 atom stereocenters. The van der Waals surface area contributed by atoms with Crippen molar-refractivity contribution in [3.8, 4) is 17.2 Å². The summed E-state index contributed by atoms with van der Waals surface area (Å²) < 4.78 is 54.0. The van der Waals surface area contributed by atoms with Crippen LogP contribution < -0.4 is 11.1 Å². The van der Waals surface area contributed by atoms with E-state index in [4.69, 9.17) is 4.74 Å². The molecule has 0 unspecified atom stereocenters. The number of halogens is 3. The minimum Gasteiger partial charge on any atom is -0.385 e. The molecule has 0 spiro atoms. The summed E-state index contributed by atoms with van der Waals surface area (Å²) in [4.78, 5) is 12.0. The zero-order chi connectivity index (χ0) is 19.4. The standard InChI is InChI=1S/C15H14F3N5O4/c1-25-7-3-6-19-12-11(20-27-21-12)13-22-26-14(24)23(13)10-5-2-4-9(8-10)15(16,17)18/h2,4-5,8H,3,6-7H2,1H3,(H,19,21). The molecule has 0 saturated carbocycles. The van der Waals surface area contributed by atoms with Crippen LogP contribution in [0.1, 0.15) is 12.0 Å². The number of nitrogens with zero attached hydrogens (tertiary/aromatic N) is 4. The maximum absolute atomic E-state index is 13.0. The fourth-order valence-electron chi connectivity index (χ4n) is 2.32. The molecule has 12 heteroatoms. The van der Waals surface area contributed by atoms with Crippen molar-refractivity contribution in [2.45, 2.75) is 12.6 Å². The van der Waals surface area contributed by atoms with Crippen LogP contribution in [0.2, 0.25) is 0 Å². The molecule has 2 heterocycles.